The van der Waals surface area contributed by atoms with E-state index < -0.39 is 0 Å². The van der Waals surface area contributed by atoms with E-state index in [0.717, 1.165) is 34.2 Å². The zero-order chi connectivity index (χ0) is 17.2. The molecule has 7 nitrogen and oxygen atoms in total. The maximum atomic E-state index is 4.62. The van der Waals surface area contributed by atoms with Crippen molar-refractivity contribution in [2.24, 2.45) is 0 Å². The highest BCUT2D eigenvalue weighted by atomic mass is 32.1. The molecule has 25 heavy (non-hydrogen) atoms. The minimum atomic E-state index is 0.664. The summed E-state index contributed by atoms with van der Waals surface area (Å²) < 4.78 is 1.77. The van der Waals surface area contributed by atoms with Crippen LogP contribution >= 0.6 is 11.3 Å². The Morgan fingerprint density at radius 3 is 2.88 bits per heavy atom. The molecule has 4 heterocycles. The average Bonchev–Trinajstić information content (AvgIpc) is 3.29. The fraction of sp³-hybridized carbons (Fsp3) is 0.176. The van der Waals surface area contributed by atoms with Gasteiger partial charge < -0.3 is 10.2 Å². The molecule has 0 radical (unpaired) electrons. The topological polar surface area (TPSA) is 71.2 Å². The smallest absolute Gasteiger partial charge is 0.186 e. The van der Waals surface area contributed by atoms with Crippen LogP contribution in [0.2, 0.25) is 0 Å². The summed E-state index contributed by atoms with van der Waals surface area (Å²) in [7, 11) is 3.96. The van der Waals surface area contributed by atoms with Gasteiger partial charge in [0.25, 0.3) is 0 Å². The first-order valence-corrected chi connectivity index (χ1v) is 8.76. The van der Waals surface area contributed by atoms with E-state index in [0.29, 0.717) is 6.54 Å². The molecular weight excluding hydrogens is 334 g/mol. The van der Waals surface area contributed by atoms with E-state index in [-0.39, 0.29) is 0 Å². The number of hydrogen-bond donors (Lipinski definition) is 1. The normalized spacial score (nSPS) is 11.0. The molecule has 126 valence electrons. The van der Waals surface area contributed by atoms with Crippen LogP contribution in [-0.2, 0) is 6.54 Å². The molecule has 0 unspecified atom stereocenters. The second kappa shape index (κ2) is 6.48. The Labute approximate surface area is 149 Å². The quantitative estimate of drug-likeness (QED) is 0.596. The van der Waals surface area contributed by atoms with Gasteiger partial charge in [-0.25, -0.2) is 4.98 Å². The van der Waals surface area contributed by atoms with Crippen LogP contribution in [0, 0.1) is 0 Å². The van der Waals surface area contributed by atoms with Crippen LogP contribution in [-0.4, -0.2) is 38.9 Å². The number of nitrogens with one attached hydrogen (secondary N) is 1. The number of aromatic nitrogens is 5. The molecule has 4 rings (SSSR count). The van der Waals surface area contributed by atoms with Crippen molar-refractivity contribution in [2.75, 3.05) is 24.3 Å². The van der Waals surface area contributed by atoms with Gasteiger partial charge >= 0.3 is 0 Å². The Bertz CT molecular complexity index is 991. The SMILES string of the molecule is CN(C)c1cc(CNc2ccc3nnc(-c4ccsc4)n3n2)ccn1. The maximum Gasteiger partial charge on any atom is 0.186 e. The molecular formula is C17H17N7S. The largest absolute Gasteiger partial charge is 0.365 e. The fourth-order valence-corrected chi connectivity index (χ4v) is 3.10. The predicted octanol–water partition coefficient (Wildman–Crippen LogP) is 2.93. The zero-order valence-corrected chi connectivity index (χ0v) is 14.7. The van der Waals surface area contributed by atoms with Gasteiger partial charge in [0.1, 0.15) is 11.6 Å². The van der Waals surface area contributed by atoms with Crippen LogP contribution in [0.5, 0.6) is 0 Å². The van der Waals surface area contributed by atoms with E-state index in [4.69, 9.17) is 0 Å². The van der Waals surface area contributed by atoms with Crippen molar-refractivity contribution in [1.82, 2.24) is 24.8 Å². The Kier molecular flexibility index (Phi) is 4.02. The lowest BCUT2D eigenvalue weighted by atomic mass is 10.2. The van der Waals surface area contributed by atoms with Gasteiger partial charge in [0.05, 0.1) is 0 Å². The molecule has 0 saturated carbocycles. The van der Waals surface area contributed by atoms with Gasteiger partial charge in [0.15, 0.2) is 11.5 Å². The third kappa shape index (κ3) is 3.16. The number of fused-ring (bicyclic) bond motifs is 1. The number of anilines is 2. The van der Waals surface area contributed by atoms with Crippen molar-refractivity contribution < 1.29 is 0 Å². The monoisotopic (exact) mass is 351 g/mol. The standard InChI is InChI=1S/C17H17N7S/c1-23(2)16-9-12(5-7-18-16)10-19-14-3-4-15-20-21-17(24(15)22-14)13-6-8-25-11-13/h3-9,11H,10H2,1-2H3,(H,19,22). The van der Waals surface area contributed by atoms with Crippen LogP contribution in [0.4, 0.5) is 11.6 Å². The fourth-order valence-electron chi connectivity index (χ4n) is 2.46. The van der Waals surface area contributed by atoms with Gasteiger partial charge in [0.2, 0.25) is 0 Å². The lowest BCUT2D eigenvalue weighted by Gasteiger charge is -2.12. The van der Waals surface area contributed by atoms with Crippen LogP contribution in [0.15, 0.2) is 47.3 Å². The van der Waals surface area contributed by atoms with E-state index in [1.165, 1.54) is 0 Å². The van der Waals surface area contributed by atoms with Crippen molar-refractivity contribution in [1.29, 1.82) is 0 Å². The van der Waals surface area contributed by atoms with Crippen LogP contribution < -0.4 is 10.2 Å². The summed E-state index contributed by atoms with van der Waals surface area (Å²) in [5, 5.41) is 20.5. The van der Waals surface area contributed by atoms with E-state index in [2.05, 4.69) is 31.7 Å². The van der Waals surface area contributed by atoms with E-state index in [1.54, 1.807) is 15.9 Å². The Morgan fingerprint density at radius 1 is 1.16 bits per heavy atom. The van der Waals surface area contributed by atoms with Crippen molar-refractivity contribution in [3.63, 3.8) is 0 Å². The van der Waals surface area contributed by atoms with Gasteiger partial charge in [0, 0.05) is 37.8 Å². The summed E-state index contributed by atoms with van der Waals surface area (Å²) in [5.74, 6) is 2.45. The predicted molar refractivity (Wildman–Crippen MR) is 100.0 cm³/mol. The number of pyridine rings is 1. The van der Waals surface area contributed by atoms with Gasteiger partial charge in [-0.1, -0.05) is 0 Å². The van der Waals surface area contributed by atoms with Crippen LogP contribution in [0.25, 0.3) is 17.0 Å². The molecule has 1 N–H and O–H groups in total. The summed E-state index contributed by atoms with van der Waals surface area (Å²) >= 11 is 1.63. The summed E-state index contributed by atoms with van der Waals surface area (Å²) in [5.41, 5.74) is 2.89. The molecule has 0 bridgehead atoms. The highest BCUT2D eigenvalue weighted by Gasteiger charge is 2.10. The van der Waals surface area contributed by atoms with E-state index >= 15 is 0 Å². The third-order valence-electron chi connectivity index (χ3n) is 3.78. The summed E-state index contributed by atoms with van der Waals surface area (Å²) in [4.78, 5) is 6.32. The Morgan fingerprint density at radius 2 is 2.08 bits per heavy atom. The summed E-state index contributed by atoms with van der Waals surface area (Å²) in [6.07, 6.45) is 1.82. The van der Waals surface area contributed by atoms with Crippen molar-refractivity contribution in [3.05, 3.63) is 52.9 Å². The molecule has 4 aromatic rings. The lowest BCUT2D eigenvalue weighted by Crippen LogP contribution is -2.11. The third-order valence-corrected chi connectivity index (χ3v) is 4.47. The number of rotatable bonds is 5. The lowest BCUT2D eigenvalue weighted by molar-refractivity contribution is 0.925. The van der Waals surface area contributed by atoms with Crippen molar-refractivity contribution >= 4 is 28.6 Å². The molecule has 0 aromatic carbocycles. The number of thiophene rings is 1. The highest BCUT2D eigenvalue weighted by molar-refractivity contribution is 7.08. The van der Waals surface area contributed by atoms with Gasteiger partial charge in [-0.2, -0.15) is 15.9 Å². The van der Waals surface area contributed by atoms with Crippen LogP contribution in [0.3, 0.4) is 0 Å². The second-order valence-electron chi connectivity index (χ2n) is 5.79. The minimum absolute atomic E-state index is 0.664. The first-order chi connectivity index (χ1) is 12.2. The first kappa shape index (κ1) is 15.5. The van der Waals surface area contributed by atoms with Crippen molar-refractivity contribution in [3.8, 4) is 11.4 Å². The molecule has 0 amide bonds. The molecule has 0 spiro atoms. The minimum Gasteiger partial charge on any atom is -0.365 e. The Hall–Kier alpha value is -3.00. The highest BCUT2D eigenvalue weighted by Crippen LogP contribution is 2.21. The van der Waals surface area contributed by atoms with Crippen molar-refractivity contribution in [2.45, 2.75) is 6.54 Å². The molecule has 4 aromatic heterocycles. The van der Waals surface area contributed by atoms with Gasteiger partial charge in [-0.15, -0.1) is 15.3 Å². The first-order valence-electron chi connectivity index (χ1n) is 7.82. The Balaban J connectivity index is 1.58. The molecule has 0 aliphatic carbocycles. The number of hydrogen-bond acceptors (Lipinski definition) is 7. The van der Waals surface area contributed by atoms with E-state index in [1.807, 2.05) is 60.2 Å². The molecule has 0 atom stereocenters. The number of nitrogens with zero attached hydrogens (tertiary/aromatic N) is 6. The molecule has 0 saturated heterocycles. The molecule has 8 heteroatoms. The maximum absolute atomic E-state index is 4.62. The zero-order valence-electron chi connectivity index (χ0n) is 13.9. The molecule has 0 aliphatic rings. The van der Waals surface area contributed by atoms with E-state index in [9.17, 15) is 0 Å². The van der Waals surface area contributed by atoms with Crippen LogP contribution in [0.1, 0.15) is 5.56 Å². The second-order valence-corrected chi connectivity index (χ2v) is 6.57. The summed E-state index contributed by atoms with van der Waals surface area (Å²) in [6.45, 7) is 0.664. The van der Waals surface area contributed by atoms with Gasteiger partial charge in [-0.3, -0.25) is 0 Å². The molecule has 0 fully saturated rings. The van der Waals surface area contributed by atoms with Gasteiger partial charge in [-0.05, 0) is 41.3 Å². The molecule has 0 aliphatic heterocycles. The average molecular weight is 351 g/mol. The summed E-state index contributed by atoms with van der Waals surface area (Å²) in [6, 6.07) is 9.89.